The first-order valence-corrected chi connectivity index (χ1v) is 7.32. The van der Waals surface area contributed by atoms with E-state index in [-0.39, 0.29) is 11.8 Å². The van der Waals surface area contributed by atoms with Gasteiger partial charge in [0.25, 0.3) is 5.91 Å². The Balaban J connectivity index is 2.10. The Labute approximate surface area is 140 Å². The van der Waals surface area contributed by atoms with Gasteiger partial charge in [-0.2, -0.15) is 0 Å². The largest absolute Gasteiger partial charge is 0.495 e. The Bertz CT molecular complexity index is 719. The van der Waals surface area contributed by atoms with Crippen LogP contribution in [0.25, 0.3) is 0 Å². The van der Waals surface area contributed by atoms with E-state index < -0.39 is 6.10 Å². The molecule has 126 valence electrons. The number of hydrogen-bond acceptors (Lipinski definition) is 5. The summed E-state index contributed by atoms with van der Waals surface area (Å²) in [5, 5.41) is 5.39. The maximum Gasteiger partial charge on any atom is 0.265 e. The van der Waals surface area contributed by atoms with Crippen LogP contribution in [0.3, 0.4) is 0 Å². The maximum atomic E-state index is 12.3. The van der Waals surface area contributed by atoms with Crippen molar-refractivity contribution in [2.24, 2.45) is 0 Å². The quantitative estimate of drug-likeness (QED) is 0.850. The summed E-state index contributed by atoms with van der Waals surface area (Å²) in [7, 11) is 1.50. The number of amides is 2. The highest BCUT2D eigenvalue weighted by atomic mass is 16.5. The van der Waals surface area contributed by atoms with Gasteiger partial charge in [0.2, 0.25) is 5.91 Å². The molecule has 1 atom stereocenters. The molecule has 2 N–H and O–H groups in total. The number of carbonyl (C=O) groups is 2. The minimum absolute atomic E-state index is 0.203. The minimum Gasteiger partial charge on any atom is -0.495 e. The molecule has 0 radical (unpaired) electrons. The molecule has 2 amide bonds. The fraction of sp³-hybridized carbons (Fsp3) is 0.235. The zero-order valence-electron chi connectivity index (χ0n) is 13.7. The molecule has 2 aromatic rings. The van der Waals surface area contributed by atoms with Crippen molar-refractivity contribution in [2.75, 3.05) is 17.7 Å². The summed E-state index contributed by atoms with van der Waals surface area (Å²) in [6, 6.07) is 8.41. The van der Waals surface area contributed by atoms with E-state index in [0.717, 1.165) is 0 Å². The average Bonchev–Trinajstić information content (AvgIpc) is 2.55. The summed E-state index contributed by atoms with van der Waals surface area (Å²) in [5.41, 5.74) is 0.995. The van der Waals surface area contributed by atoms with E-state index in [2.05, 4.69) is 15.6 Å². The average molecular weight is 329 g/mol. The lowest BCUT2D eigenvalue weighted by Gasteiger charge is -2.16. The van der Waals surface area contributed by atoms with Gasteiger partial charge in [-0.25, -0.2) is 0 Å². The smallest absolute Gasteiger partial charge is 0.265 e. The third-order valence-corrected chi connectivity index (χ3v) is 3.09. The van der Waals surface area contributed by atoms with E-state index in [0.29, 0.717) is 22.9 Å². The van der Waals surface area contributed by atoms with Crippen molar-refractivity contribution < 1.29 is 19.1 Å². The molecule has 2 rings (SSSR count). The third-order valence-electron chi connectivity index (χ3n) is 3.09. The topological polar surface area (TPSA) is 89.6 Å². The lowest BCUT2D eigenvalue weighted by Crippen LogP contribution is -2.30. The van der Waals surface area contributed by atoms with Crippen molar-refractivity contribution in [3.8, 4) is 11.5 Å². The molecule has 1 heterocycles. The van der Waals surface area contributed by atoms with Gasteiger partial charge in [-0.1, -0.05) is 0 Å². The number of rotatable bonds is 6. The second kappa shape index (κ2) is 7.96. The predicted octanol–water partition coefficient (Wildman–Crippen LogP) is 2.45. The summed E-state index contributed by atoms with van der Waals surface area (Å²) in [6.45, 7) is 3.04. The van der Waals surface area contributed by atoms with Crippen molar-refractivity contribution in [1.29, 1.82) is 0 Å². The van der Waals surface area contributed by atoms with Gasteiger partial charge < -0.3 is 20.1 Å². The summed E-state index contributed by atoms with van der Waals surface area (Å²) >= 11 is 0. The number of aromatic nitrogens is 1. The SMILES string of the molecule is COc1ccc(NC(C)=O)cc1NC(=O)[C@@H](C)Oc1cccnc1. The number of ether oxygens (including phenoxy) is 2. The number of anilines is 2. The maximum absolute atomic E-state index is 12.3. The Morgan fingerprint density at radius 1 is 1.21 bits per heavy atom. The summed E-state index contributed by atoms with van der Waals surface area (Å²) in [6.07, 6.45) is 2.42. The van der Waals surface area contributed by atoms with Crippen molar-refractivity contribution in [3.05, 3.63) is 42.7 Å². The van der Waals surface area contributed by atoms with Crippen LogP contribution in [0.1, 0.15) is 13.8 Å². The van der Waals surface area contributed by atoms with Crippen LogP contribution in [-0.2, 0) is 9.59 Å². The molecule has 0 spiro atoms. The highest BCUT2D eigenvalue weighted by Gasteiger charge is 2.17. The molecule has 24 heavy (non-hydrogen) atoms. The van der Waals surface area contributed by atoms with Crippen LogP contribution >= 0.6 is 0 Å². The van der Waals surface area contributed by atoms with E-state index in [1.807, 2.05) is 0 Å². The summed E-state index contributed by atoms with van der Waals surface area (Å²) in [4.78, 5) is 27.4. The lowest BCUT2D eigenvalue weighted by molar-refractivity contribution is -0.122. The van der Waals surface area contributed by atoms with E-state index in [4.69, 9.17) is 9.47 Å². The molecule has 0 bridgehead atoms. The number of benzene rings is 1. The number of nitrogens with zero attached hydrogens (tertiary/aromatic N) is 1. The lowest BCUT2D eigenvalue weighted by atomic mass is 10.2. The van der Waals surface area contributed by atoms with E-state index in [1.54, 1.807) is 43.5 Å². The molecule has 7 nitrogen and oxygen atoms in total. The number of pyridine rings is 1. The van der Waals surface area contributed by atoms with Gasteiger partial charge in [-0.3, -0.25) is 14.6 Å². The number of hydrogen-bond donors (Lipinski definition) is 2. The fourth-order valence-corrected chi connectivity index (χ4v) is 2.00. The van der Waals surface area contributed by atoms with Crippen LogP contribution in [0.4, 0.5) is 11.4 Å². The van der Waals surface area contributed by atoms with Crippen molar-refractivity contribution in [1.82, 2.24) is 4.98 Å². The van der Waals surface area contributed by atoms with Crippen LogP contribution in [0.5, 0.6) is 11.5 Å². The van der Waals surface area contributed by atoms with Gasteiger partial charge in [0, 0.05) is 18.8 Å². The van der Waals surface area contributed by atoms with Crippen LogP contribution in [0.2, 0.25) is 0 Å². The van der Waals surface area contributed by atoms with Gasteiger partial charge in [0.05, 0.1) is 19.0 Å². The molecule has 1 aromatic carbocycles. The molecule has 0 unspecified atom stereocenters. The van der Waals surface area contributed by atoms with Crippen LogP contribution in [-0.4, -0.2) is 30.0 Å². The van der Waals surface area contributed by atoms with Gasteiger partial charge in [0.1, 0.15) is 11.5 Å². The Hall–Kier alpha value is -3.09. The first-order valence-electron chi connectivity index (χ1n) is 7.32. The van der Waals surface area contributed by atoms with Gasteiger partial charge in [0.15, 0.2) is 6.10 Å². The first kappa shape index (κ1) is 17.3. The van der Waals surface area contributed by atoms with Crippen molar-refractivity contribution in [2.45, 2.75) is 20.0 Å². The summed E-state index contributed by atoms with van der Waals surface area (Å²) in [5.74, 6) is 0.424. The van der Waals surface area contributed by atoms with E-state index in [9.17, 15) is 9.59 Å². The molecule has 1 aromatic heterocycles. The zero-order chi connectivity index (χ0) is 17.5. The molecule has 0 aliphatic heterocycles. The Kier molecular flexibility index (Phi) is 5.73. The highest BCUT2D eigenvalue weighted by molar-refractivity contribution is 5.97. The number of carbonyl (C=O) groups excluding carboxylic acids is 2. The second-order valence-corrected chi connectivity index (χ2v) is 5.03. The van der Waals surface area contributed by atoms with Crippen molar-refractivity contribution in [3.63, 3.8) is 0 Å². The molecule has 0 aliphatic carbocycles. The zero-order valence-corrected chi connectivity index (χ0v) is 13.7. The Morgan fingerprint density at radius 3 is 2.62 bits per heavy atom. The molecular weight excluding hydrogens is 310 g/mol. The van der Waals surface area contributed by atoms with E-state index >= 15 is 0 Å². The normalized spacial score (nSPS) is 11.3. The van der Waals surface area contributed by atoms with E-state index in [1.165, 1.54) is 20.2 Å². The van der Waals surface area contributed by atoms with Gasteiger partial charge in [-0.15, -0.1) is 0 Å². The fourth-order valence-electron chi connectivity index (χ4n) is 2.00. The van der Waals surface area contributed by atoms with Crippen molar-refractivity contribution >= 4 is 23.2 Å². The monoisotopic (exact) mass is 329 g/mol. The summed E-state index contributed by atoms with van der Waals surface area (Å²) < 4.78 is 10.8. The molecule has 7 heteroatoms. The van der Waals surface area contributed by atoms with Crippen LogP contribution < -0.4 is 20.1 Å². The molecule has 0 saturated carbocycles. The van der Waals surface area contributed by atoms with Crippen LogP contribution in [0, 0.1) is 0 Å². The highest BCUT2D eigenvalue weighted by Crippen LogP contribution is 2.28. The van der Waals surface area contributed by atoms with Gasteiger partial charge in [-0.05, 0) is 37.3 Å². The van der Waals surface area contributed by atoms with Crippen LogP contribution in [0.15, 0.2) is 42.7 Å². The standard InChI is InChI=1S/C17H19N3O4/c1-11(24-14-5-4-8-18-10-14)17(22)20-15-9-13(19-12(2)21)6-7-16(15)23-3/h4-11H,1-3H3,(H,19,21)(H,20,22)/t11-/m1/s1. The third kappa shape index (κ3) is 4.70. The van der Waals surface area contributed by atoms with Gasteiger partial charge >= 0.3 is 0 Å². The molecule has 0 fully saturated rings. The second-order valence-electron chi connectivity index (χ2n) is 5.03. The molecular formula is C17H19N3O4. The molecule has 0 saturated heterocycles. The number of methoxy groups -OCH3 is 1. The first-order chi connectivity index (χ1) is 11.5. The molecule has 0 aliphatic rings. The number of nitrogens with one attached hydrogen (secondary N) is 2. The predicted molar refractivity (Wildman–Crippen MR) is 90.3 cm³/mol. The Morgan fingerprint density at radius 2 is 2.00 bits per heavy atom. The minimum atomic E-state index is -0.733.